The molecule has 2 saturated heterocycles. The highest BCUT2D eigenvalue weighted by Crippen LogP contribution is 2.34. The number of ether oxygens (including phenoxy) is 1. The summed E-state index contributed by atoms with van der Waals surface area (Å²) >= 11 is 6.11. The third-order valence-electron chi connectivity index (χ3n) is 7.02. The van der Waals surface area contributed by atoms with E-state index in [1.54, 1.807) is 11.0 Å². The van der Waals surface area contributed by atoms with Gasteiger partial charge in [0, 0.05) is 39.1 Å². The highest BCUT2D eigenvalue weighted by molar-refractivity contribution is 6.33. The Bertz CT molecular complexity index is 1080. The molecule has 36 heavy (non-hydrogen) atoms. The van der Waals surface area contributed by atoms with Crippen LogP contribution in [-0.2, 0) is 9.53 Å². The minimum Gasteiger partial charge on any atom is -0.484 e. The lowest BCUT2D eigenvalue weighted by Crippen LogP contribution is -2.34. The van der Waals surface area contributed by atoms with E-state index < -0.39 is 11.8 Å². The molecule has 1 N–H and O–H groups in total. The molecule has 2 aliphatic rings. The first-order chi connectivity index (χ1) is 17.4. The van der Waals surface area contributed by atoms with Gasteiger partial charge in [-0.2, -0.15) is 0 Å². The summed E-state index contributed by atoms with van der Waals surface area (Å²) in [4.78, 5) is 32.8. The summed E-state index contributed by atoms with van der Waals surface area (Å²) in [6.07, 6.45) is 0.979. The molecule has 1 amide bonds. The summed E-state index contributed by atoms with van der Waals surface area (Å²) < 4.78 is 19.6. The van der Waals surface area contributed by atoms with Crippen molar-refractivity contribution in [3.05, 3.63) is 70.5 Å². The van der Waals surface area contributed by atoms with Crippen molar-refractivity contribution < 1.29 is 23.8 Å². The number of fused-ring (bicyclic) bond motifs is 1. The van der Waals surface area contributed by atoms with Crippen molar-refractivity contribution in [2.45, 2.75) is 25.3 Å². The van der Waals surface area contributed by atoms with Crippen LogP contribution in [0.3, 0.4) is 0 Å². The monoisotopic (exact) mass is 515 g/mol. The Kier molecular flexibility index (Phi) is 8.59. The number of hydrogen-bond acceptors (Lipinski definition) is 5. The number of aliphatic carboxylic acids is 1. The fourth-order valence-corrected chi connectivity index (χ4v) is 5.44. The number of likely N-dealkylation sites (tertiary alicyclic amines) is 2. The third kappa shape index (κ3) is 6.23. The molecule has 0 aliphatic carbocycles. The molecule has 7 nitrogen and oxygen atoms in total. The van der Waals surface area contributed by atoms with Crippen LogP contribution < -0.4 is 0 Å². The number of aliphatic imine (C=N–C) groups is 1. The number of nitrogens with zero attached hydrogens (tertiary/aromatic N) is 3. The molecule has 0 saturated carbocycles. The second kappa shape index (κ2) is 11.8. The molecule has 2 unspecified atom stereocenters. The second-order valence-corrected chi connectivity index (χ2v) is 9.83. The molecular weight excluding hydrogens is 485 g/mol. The Hall–Kier alpha value is -2.97. The van der Waals surface area contributed by atoms with Crippen LogP contribution in [0.1, 0.15) is 41.2 Å². The molecule has 0 bridgehead atoms. The number of carboxylic acids is 1. The maximum absolute atomic E-state index is 14.2. The molecule has 0 aromatic heterocycles. The number of amides is 1. The van der Waals surface area contributed by atoms with Crippen LogP contribution in [0.2, 0.25) is 5.02 Å². The van der Waals surface area contributed by atoms with E-state index in [0.29, 0.717) is 30.8 Å². The number of carbonyl (C=O) groups is 2. The van der Waals surface area contributed by atoms with Gasteiger partial charge in [0.2, 0.25) is 0 Å². The lowest BCUT2D eigenvalue weighted by molar-refractivity contribution is -0.136. The average molecular weight is 516 g/mol. The van der Waals surface area contributed by atoms with Gasteiger partial charge in [-0.3, -0.25) is 9.59 Å². The summed E-state index contributed by atoms with van der Waals surface area (Å²) in [5, 5.41) is 9.16. The number of methoxy groups -OCH3 is 1. The number of benzene rings is 2. The van der Waals surface area contributed by atoms with Crippen LogP contribution in [0.5, 0.6) is 0 Å². The van der Waals surface area contributed by atoms with Crippen molar-refractivity contribution in [1.29, 1.82) is 0 Å². The minimum absolute atomic E-state index is 0.0308. The Balaban J connectivity index is 1.36. The quantitative estimate of drug-likeness (QED) is 0.392. The standard InChI is InChI=1S/C27H31ClFN3O4/c1-36-24(10-11-25(33)34)30-23(18-6-3-2-4-7-18)12-13-31-14-19-16-32(17-20(19)15-31)27(35)26-21(28)8-5-9-22(26)29/h2-9,19-20,23H,10-17H2,1H3,(H,33,34)/t19?,20?,23-/m0/s1. The topological polar surface area (TPSA) is 82.4 Å². The molecule has 2 aliphatic heterocycles. The first-order valence-electron chi connectivity index (χ1n) is 12.2. The normalized spacial score (nSPS) is 20.9. The van der Waals surface area contributed by atoms with Crippen molar-refractivity contribution in [2.24, 2.45) is 16.8 Å². The highest BCUT2D eigenvalue weighted by atomic mass is 35.5. The SMILES string of the molecule is COC(CCC(=O)O)=N[C@@H](CCN1CC2CN(C(=O)c3c(F)cccc3Cl)CC2C1)c1ccccc1. The molecule has 2 aromatic carbocycles. The van der Waals surface area contributed by atoms with Crippen molar-refractivity contribution in [2.75, 3.05) is 39.8 Å². The lowest BCUT2D eigenvalue weighted by Gasteiger charge is -2.23. The molecule has 0 radical (unpaired) electrons. The van der Waals surface area contributed by atoms with Gasteiger partial charge in [0.05, 0.1) is 30.2 Å². The Morgan fingerprint density at radius 1 is 1.08 bits per heavy atom. The van der Waals surface area contributed by atoms with Crippen molar-refractivity contribution in [1.82, 2.24) is 9.80 Å². The zero-order valence-electron chi connectivity index (χ0n) is 20.3. The van der Waals surface area contributed by atoms with Gasteiger partial charge in [-0.15, -0.1) is 0 Å². The zero-order chi connectivity index (χ0) is 25.7. The maximum atomic E-state index is 14.2. The molecule has 9 heteroatoms. The fraction of sp³-hybridized carbons (Fsp3) is 0.444. The average Bonchev–Trinajstić information content (AvgIpc) is 3.43. The molecule has 192 valence electrons. The lowest BCUT2D eigenvalue weighted by atomic mass is 10.0. The largest absolute Gasteiger partial charge is 0.484 e. The molecular formula is C27H31ClFN3O4. The summed E-state index contributed by atoms with van der Waals surface area (Å²) in [5.41, 5.74) is 1.01. The molecule has 2 fully saturated rings. The van der Waals surface area contributed by atoms with Crippen LogP contribution >= 0.6 is 11.6 Å². The molecule has 3 atom stereocenters. The summed E-state index contributed by atoms with van der Waals surface area (Å²) in [7, 11) is 1.52. The van der Waals surface area contributed by atoms with E-state index in [-0.39, 0.29) is 35.4 Å². The zero-order valence-corrected chi connectivity index (χ0v) is 21.0. The predicted molar refractivity (Wildman–Crippen MR) is 136 cm³/mol. The Morgan fingerprint density at radius 3 is 2.39 bits per heavy atom. The van der Waals surface area contributed by atoms with Crippen LogP contribution in [-0.4, -0.2) is 72.5 Å². The number of halogens is 2. The van der Waals surface area contributed by atoms with Gasteiger partial charge in [0.1, 0.15) is 5.82 Å². The van der Waals surface area contributed by atoms with Gasteiger partial charge < -0.3 is 19.6 Å². The van der Waals surface area contributed by atoms with Gasteiger partial charge in [-0.1, -0.05) is 48.0 Å². The maximum Gasteiger partial charge on any atom is 0.303 e. The van der Waals surface area contributed by atoms with E-state index in [1.165, 1.54) is 19.2 Å². The van der Waals surface area contributed by atoms with Crippen LogP contribution in [0.15, 0.2) is 53.5 Å². The summed E-state index contributed by atoms with van der Waals surface area (Å²) in [6, 6.07) is 14.1. The van der Waals surface area contributed by atoms with Crippen molar-refractivity contribution in [3.63, 3.8) is 0 Å². The van der Waals surface area contributed by atoms with Gasteiger partial charge in [0.15, 0.2) is 5.90 Å². The van der Waals surface area contributed by atoms with Crippen molar-refractivity contribution in [3.8, 4) is 0 Å². The number of carboxylic acid groups (broad SMARTS) is 1. The van der Waals surface area contributed by atoms with E-state index >= 15 is 0 Å². The first kappa shape index (κ1) is 26.1. The second-order valence-electron chi connectivity index (χ2n) is 9.42. The first-order valence-corrected chi connectivity index (χ1v) is 12.6. The third-order valence-corrected chi connectivity index (χ3v) is 7.33. The van der Waals surface area contributed by atoms with Crippen LogP contribution in [0, 0.1) is 17.7 Å². The molecule has 2 heterocycles. The minimum atomic E-state index is -0.885. The van der Waals surface area contributed by atoms with Gasteiger partial charge in [-0.05, 0) is 36.0 Å². The summed E-state index contributed by atoms with van der Waals surface area (Å²) in [5.74, 6) is -0.704. The van der Waals surface area contributed by atoms with Crippen molar-refractivity contribution >= 4 is 29.4 Å². The number of rotatable bonds is 9. The van der Waals surface area contributed by atoms with Gasteiger partial charge >= 0.3 is 5.97 Å². The molecule has 0 spiro atoms. The number of hydrogen-bond donors (Lipinski definition) is 1. The van der Waals surface area contributed by atoms with E-state index in [9.17, 15) is 14.0 Å². The number of carbonyl (C=O) groups excluding carboxylic acids is 1. The van der Waals surface area contributed by atoms with Crippen LogP contribution in [0.25, 0.3) is 0 Å². The van der Waals surface area contributed by atoms with Gasteiger partial charge in [0.25, 0.3) is 5.91 Å². The molecule has 4 rings (SSSR count). The van der Waals surface area contributed by atoms with Crippen LogP contribution in [0.4, 0.5) is 4.39 Å². The van der Waals surface area contributed by atoms with E-state index in [1.807, 2.05) is 30.3 Å². The summed E-state index contributed by atoms with van der Waals surface area (Å²) in [6.45, 7) is 3.72. The Labute approximate surface area is 215 Å². The Morgan fingerprint density at radius 2 is 1.78 bits per heavy atom. The highest BCUT2D eigenvalue weighted by Gasteiger charge is 2.42. The predicted octanol–water partition coefficient (Wildman–Crippen LogP) is 4.52. The van der Waals surface area contributed by atoms with E-state index in [0.717, 1.165) is 31.6 Å². The van der Waals surface area contributed by atoms with E-state index in [4.69, 9.17) is 26.4 Å². The van der Waals surface area contributed by atoms with Gasteiger partial charge in [-0.25, -0.2) is 9.38 Å². The fourth-order valence-electron chi connectivity index (χ4n) is 5.19. The smallest absolute Gasteiger partial charge is 0.303 e. The van der Waals surface area contributed by atoms with E-state index in [2.05, 4.69) is 4.90 Å². The molecule has 2 aromatic rings.